The molecule has 1 rings (SSSR count). The molecule has 2 heteroatoms. The van der Waals surface area contributed by atoms with Crippen LogP contribution in [0, 0.1) is 5.41 Å². The Morgan fingerprint density at radius 1 is 1.12 bits per heavy atom. The minimum absolute atomic E-state index is 0.486. The van der Waals surface area contributed by atoms with Gasteiger partial charge in [0.05, 0.1) is 0 Å². The van der Waals surface area contributed by atoms with E-state index in [4.69, 9.17) is 0 Å². The van der Waals surface area contributed by atoms with Gasteiger partial charge < -0.3 is 0 Å². The second-order valence-electron chi connectivity index (χ2n) is 4.32. The van der Waals surface area contributed by atoms with Gasteiger partial charge in [-0.3, -0.25) is 0 Å². The van der Waals surface area contributed by atoms with E-state index in [0.717, 1.165) is 11.1 Å². The normalized spacial score (nSPS) is 11.7. The molecule has 0 N–H and O–H groups in total. The summed E-state index contributed by atoms with van der Waals surface area (Å²) in [5.74, 6) is 2.38. The number of hydrogen-bond donors (Lipinski definition) is 0. The second-order valence-corrected chi connectivity index (χ2v) is 5.87. The second kappa shape index (κ2) is 7.39. The third-order valence-electron chi connectivity index (χ3n) is 3.30. The Labute approximate surface area is 112 Å². The average Bonchev–Trinajstić information content (AvgIpc) is 2.37. The first-order chi connectivity index (χ1) is 7.76. The Balaban J connectivity index is 2.39. The van der Waals surface area contributed by atoms with E-state index < -0.39 is 0 Å². The molecule has 1 aromatic carbocycles. The Morgan fingerprint density at radius 2 is 1.75 bits per heavy atom. The van der Waals surface area contributed by atoms with Crippen LogP contribution < -0.4 is 0 Å². The fraction of sp³-hybridized carbons (Fsp3) is 0.571. The molecule has 0 aromatic heterocycles. The predicted molar refractivity (Wildman–Crippen MR) is 79.4 cm³/mol. The summed E-state index contributed by atoms with van der Waals surface area (Å²) in [7, 11) is 0. The number of hydrogen-bond acceptors (Lipinski definition) is 1. The number of alkyl halides is 1. The van der Waals surface area contributed by atoms with Gasteiger partial charge in [-0.05, 0) is 23.8 Å². The molecule has 90 valence electrons. The SMILES string of the molecule is CCC(CC)(CBr)CSCc1ccccc1. The summed E-state index contributed by atoms with van der Waals surface area (Å²) in [5.41, 5.74) is 1.92. The van der Waals surface area contributed by atoms with E-state index >= 15 is 0 Å². The zero-order valence-corrected chi connectivity index (χ0v) is 12.6. The van der Waals surface area contributed by atoms with Crippen molar-refractivity contribution in [1.82, 2.24) is 0 Å². The first-order valence-corrected chi connectivity index (χ1v) is 8.21. The van der Waals surface area contributed by atoms with Gasteiger partial charge in [-0.2, -0.15) is 11.8 Å². The van der Waals surface area contributed by atoms with Crippen molar-refractivity contribution in [2.75, 3.05) is 11.1 Å². The third-order valence-corrected chi connectivity index (χ3v) is 5.85. The van der Waals surface area contributed by atoms with Crippen molar-refractivity contribution >= 4 is 27.7 Å². The fourth-order valence-corrected chi connectivity index (χ4v) is 4.37. The maximum atomic E-state index is 3.67. The van der Waals surface area contributed by atoms with Gasteiger partial charge in [0.15, 0.2) is 0 Å². The van der Waals surface area contributed by atoms with E-state index in [1.807, 2.05) is 0 Å². The minimum atomic E-state index is 0.486. The van der Waals surface area contributed by atoms with Crippen LogP contribution in [0.15, 0.2) is 30.3 Å². The smallest absolute Gasteiger partial charge is 0.0184 e. The summed E-state index contributed by atoms with van der Waals surface area (Å²) in [6.07, 6.45) is 2.52. The molecule has 0 nitrogen and oxygen atoms in total. The number of rotatable bonds is 7. The van der Waals surface area contributed by atoms with Crippen molar-refractivity contribution in [2.45, 2.75) is 32.4 Å². The van der Waals surface area contributed by atoms with Gasteiger partial charge >= 0.3 is 0 Å². The molecule has 0 aliphatic rings. The van der Waals surface area contributed by atoms with Crippen LogP contribution in [0.4, 0.5) is 0 Å². The largest absolute Gasteiger partial charge is 0.157 e. The fourth-order valence-electron chi connectivity index (χ4n) is 1.64. The lowest BCUT2D eigenvalue weighted by Gasteiger charge is -2.29. The van der Waals surface area contributed by atoms with Crippen LogP contribution in [-0.4, -0.2) is 11.1 Å². The highest BCUT2D eigenvalue weighted by atomic mass is 79.9. The molecule has 0 saturated carbocycles. The van der Waals surface area contributed by atoms with Gasteiger partial charge in [-0.25, -0.2) is 0 Å². The van der Waals surface area contributed by atoms with Gasteiger partial charge in [0.25, 0.3) is 0 Å². The molecule has 0 unspecified atom stereocenters. The molecule has 0 bridgehead atoms. The first kappa shape index (κ1) is 14.1. The highest BCUT2D eigenvalue weighted by Gasteiger charge is 2.24. The highest BCUT2D eigenvalue weighted by molar-refractivity contribution is 9.09. The van der Waals surface area contributed by atoms with Crippen LogP contribution in [0.5, 0.6) is 0 Å². The summed E-state index contributed by atoms with van der Waals surface area (Å²) in [4.78, 5) is 0. The minimum Gasteiger partial charge on any atom is -0.157 e. The average molecular weight is 301 g/mol. The van der Waals surface area contributed by atoms with E-state index in [1.54, 1.807) is 0 Å². The maximum Gasteiger partial charge on any atom is 0.0184 e. The molecule has 0 amide bonds. The van der Waals surface area contributed by atoms with Crippen LogP contribution in [0.3, 0.4) is 0 Å². The third kappa shape index (κ3) is 4.14. The quantitative estimate of drug-likeness (QED) is 0.630. The van der Waals surface area contributed by atoms with Gasteiger partial charge in [0.2, 0.25) is 0 Å². The van der Waals surface area contributed by atoms with Crippen LogP contribution in [0.25, 0.3) is 0 Å². The molecular formula is C14H21BrS. The topological polar surface area (TPSA) is 0 Å². The van der Waals surface area contributed by atoms with Crippen molar-refractivity contribution in [3.05, 3.63) is 35.9 Å². The highest BCUT2D eigenvalue weighted by Crippen LogP contribution is 2.33. The zero-order valence-electron chi connectivity index (χ0n) is 10.2. The van der Waals surface area contributed by atoms with Crippen LogP contribution in [-0.2, 0) is 5.75 Å². The lowest BCUT2D eigenvalue weighted by Crippen LogP contribution is -2.23. The van der Waals surface area contributed by atoms with Gasteiger partial charge in [0, 0.05) is 16.8 Å². The standard InChI is InChI=1S/C14H21BrS/c1-3-14(4-2,11-15)12-16-10-13-8-6-5-7-9-13/h5-9H,3-4,10-12H2,1-2H3. The van der Waals surface area contributed by atoms with Crippen molar-refractivity contribution in [3.63, 3.8) is 0 Å². The van der Waals surface area contributed by atoms with Gasteiger partial charge in [0.1, 0.15) is 0 Å². The van der Waals surface area contributed by atoms with Crippen LogP contribution >= 0.6 is 27.7 Å². The lowest BCUT2D eigenvalue weighted by atomic mass is 9.87. The molecule has 16 heavy (non-hydrogen) atoms. The van der Waals surface area contributed by atoms with Gasteiger partial charge in [-0.15, -0.1) is 0 Å². The van der Waals surface area contributed by atoms with E-state index in [-0.39, 0.29) is 0 Å². The number of benzene rings is 1. The summed E-state index contributed by atoms with van der Waals surface area (Å²) in [6, 6.07) is 10.7. The van der Waals surface area contributed by atoms with E-state index in [2.05, 4.69) is 71.9 Å². The van der Waals surface area contributed by atoms with Crippen molar-refractivity contribution in [1.29, 1.82) is 0 Å². The zero-order chi connectivity index (χ0) is 11.9. The molecule has 0 radical (unpaired) electrons. The Hall–Kier alpha value is 0.0500. The molecule has 0 aliphatic carbocycles. The van der Waals surface area contributed by atoms with Gasteiger partial charge in [-0.1, -0.05) is 60.1 Å². The van der Waals surface area contributed by atoms with E-state index in [1.165, 1.54) is 24.2 Å². The lowest BCUT2D eigenvalue weighted by molar-refractivity contribution is 0.359. The molecular weight excluding hydrogens is 280 g/mol. The predicted octanol–water partition coefficient (Wildman–Crippen LogP) is 5.12. The van der Waals surface area contributed by atoms with Crippen LogP contribution in [0.1, 0.15) is 32.3 Å². The van der Waals surface area contributed by atoms with Crippen molar-refractivity contribution < 1.29 is 0 Å². The van der Waals surface area contributed by atoms with E-state index in [0.29, 0.717) is 5.41 Å². The molecule has 1 aromatic rings. The first-order valence-electron chi connectivity index (χ1n) is 5.94. The molecule has 0 saturated heterocycles. The molecule has 0 atom stereocenters. The number of halogens is 1. The summed E-state index contributed by atoms with van der Waals surface area (Å²) >= 11 is 5.72. The molecule has 0 fully saturated rings. The van der Waals surface area contributed by atoms with Crippen molar-refractivity contribution in [3.8, 4) is 0 Å². The molecule has 0 spiro atoms. The number of thioether (sulfide) groups is 1. The maximum absolute atomic E-state index is 3.67. The summed E-state index contributed by atoms with van der Waals surface area (Å²) in [6.45, 7) is 4.60. The van der Waals surface area contributed by atoms with Crippen LogP contribution in [0.2, 0.25) is 0 Å². The summed E-state index contributed by atoms with van der Waals surface area (Å²) in [5, 5.41) is 1.12. The molecule has 0 aliphatic heterocycles. The Morgan fingerprint density at radius 3 is 2.25 bits per heavy atom. The van der Waals surface area contributed by atoms with E-state index in [9.17, 15) is 0 Å². The monoisotopic (exact) mass is 300 g/mol. The summed E-state index contributed by atoms with van der Waals surface area (Å²) < 4.78 is 0. The van der Waals surface area contributed by atoms with Crippen molar-refractivity contribution in [2.24, 2.45) is 5.41 Å². The Kier molecular flexibility index (Phi) is 6.52. The molecule has 0 heterocycles. The Bertz CT molecular complexity index is 272.